The van der Waals surface area contributed by atoms with Crippen molar-refractivity contribution in [2.24, 2.45) is 29.6 Å². The van der Waals surface area contributed by atoms with Gasteiger partial charge in [0.15, 0.2) is 0 Å². The van der Waals surface area contributed by atoms with Crippen molar-refractivity contribution in [1.29, 1.82) is 0 Å². The van der Waals surface area contributed by atoms with Gasteiger partial charge in [0.1, 0.15) is 22.5 Å². The van der Waals surface area contributed by atoms with Crippen molar-refractivity contribution in [3.63, 3.8) is 0 Å². The number of carbonyl (C=O) groups is 5. The van der Waals surface area contributed by atoms with E-state index in [1.165, 1.54) is 11.3 Å². The number of likely N-dealkylation sites (tertiary alicyclic amines) is 1. The summed E-state index contributed by atoms with van der Waals surface area (Å²) in [7, 11) is 0. The van der Waals surface area contributed by atoms with E-state index in [1.54, 1.807) is 12.2 Å². The van der Waals surface area contributed by atoms with Gasteiger partial charge in [0.05, 0.1) is 6.04 Å². The van der Waals surface area contributed by atoms with Gasteiger partial charge in [-0.2, -0.15) is 0 Å². The van der Waals surface area contributed by atoms with Crippen LogP contribution >= 0.6 is 23.2 Å². The molecule has 4 saturated carbocycles. The lowest BCUT2D eigenvalue weighted by molar-refractivity contribution is -0.144. The van der Waals surface area contributed by atoms with E-state index in [9.17, 15) is 24.0 Å². The molecule has 0 spiro atoms. The Morgan fingerprint density at radius 2 is 1.69 bits per heavy atom. The molecule has 8 atom stereocenters. The number of hydrogen-bond acceptors (Lipinski definition) is 6. The van der Waals surface area contributed by atoms with Gasteiger partial charge >= 0.3 is 6.09 Å². The molecule has 1 aliphatic heterocycles. The number of Topliss-reactive ketones (excluding diaryl/α,β-unsaturated/α-hetero) is 1. The molecule has 1 saturated heterocycles. The summed E-state index contributed by atoms with van der Waals surface area (Å²) in [5, 5.41) is 8.19. The maximum Gasteiger partial charge on any atom is 0.408 e. The summed E-state index contributed by atoms with van der Waals surface area (Å²) >= 11 is 13.1. The van der Waals surface area contributed by atoms with Gasteiger partial charge in [-0.15, -0.1) is 36.4 Å². The number of nitrogens with zero attached hydrogens (tertiary/aromatic N) is 1. The fourth-order valence-corrected chi connectivity index (χ4v) is 8.96. The minimum atomic E-state index is -1.20. The molecule has 5 rings (SSSR count). The van der Waals surface area contributed by atoms with Crippen molar-refractivity contribution < 1.29 is 28.7 Å². The van der Waals surface area contributed by atoms with E-state index in [4.69, 9.17) is 27.9 Å². The van der Waals surface area contributed by atoms with Crippen LogP contribution in [0.1, 0.15) is 77.0 Å². The predicted octanol–water partition coefficient (Wildman–Crippen LogP) is 4.19. The van der Waals surface area contributed by atoms with Crippen LogP contribution in [0.25, 0.3) is 0 Å². The minimum absolute atomic E-state index is 0.0996. The Labute approximate surface area is 275 Å². The molecule has 8 unspecified atom stereocenters. The van der Waals surface area contributed by atoms with Crippen LogP contribution in [0.4, 0.5) is 4.79 Å². The standard InChI is InChI=1S/C33H46Cl2N4O6/c1-3-5-12-23(28(40)30(42)36-15-6-4-2)37-29(41)27-25-22(33(25,34)35)18-39(27)31(43)26(20-10-8-7-9-11-20)38-32(44)45-24-17-19-13-14-21(24)16-19/h3-4,19-27H,1-2,5-18H2,(H,36,42)(H,37,41)(H,38,44). The molecule has 5 aliphatic rings. The summed E-state index contributed by atoms with van der Waals surface area (Å²) in [6.07, 6.45) is 12.2. The molecule has 10 nitrogen and oxygen atoms in total. The largest absolute Gasteiger partial charge is 0.446 e. The molecule has 0 radical (unpaired) electrons. The molecule has 12 heteroatoms. The molecule has 0 aromatic rings. The van der Waals surface area contributed by atoms with Crippen LogP contribution in [0.5, 0.6) is 0 Å². The molecule has 5 fully saturated rings. The van der Waals surface area contributed by atoms with E-state index in [0.717, 1.165) is 51.4 Å². The zero-order valence-corrected chi connectivity index (χ0v) is 27.3. The molecule has 4 amide bonds. The van der Waals surface area contributed by atoms with E-state index in [-0.39, 0.29) is 43.4 Å². The molecule has 2 bridgehead atoms. The topological polar surface area (TPSA) is 134 Å². The number of ether oxygens (including phenoxy) is 1. The van der Waals surface area contributed by atoms with Gasteiger partial charge in [0, 0.05) is 24.9 Å². The minimum Gasteiger partial charge on any atom is -0.446 e. The number of nitrogens with one attached hydrogen (secondary N) is 3. The Morgan fingerprint density at radius 1 is 0.956 bits per heavy atom. The fraction of sp³-hybridized carbons (Fsp3) is 0.727. The number of allylic oxidation sites excluding steroid dienone is 1. The van der Waals surface area contributed by atoms with Crippen LogP contribution in [0.2, 0.25) is 0 Å². The Morgan fingerprint density at radius 3 is 2.33 bits per heavy atom. The number of carbonyl (C=O) groups excluding carboxylic acids is 5. The van der Waals surface area contributed by atoms with Gasteiger partial charge in [-0.25, -0.2) is 4.79 Å². The molecular formula is C33H46Cl2N4O6. The average Bonchev–Trinajstić information content (AvgIpc) is 3.54. The van der Waals surface area contributed by atoms with Crippen molar-refractivity contribution in [2.75, 3.05) is 13.1 Å². The van der Waals surface area contributed by atoms with Gasteiger partial charge < -0.3 is 25.6 Å². The van der Waals surface area contributed by atoms with Crippen molar-refractivity contribution in [1.82, 2.24) is 20.9 Å². The highest BCUT2D eigenvalue weighted by Crippen LogP contribution is 2.65. The predicted molar refractivity (Wildman–Crippen MR) is 170 cm³/mol. The zero-order chi connectivity index (χ0) is 32.3. The van der Waals surface area contributed by atoms with Gasteiger partial charge in [-0.3, -0.25) is 19.2 Å². The van der Waals surface area contributed by atoms with E-state index < -0.39 is 52.1 Å². The first-order chi connectivity index (χ1) is 21.6. The smallest absolute Gasteiger partial charge is 0.408 e. The summed E-state index contributed by atoms with van der Waals surface area (Å²) in [5.74, 6) is -2.58. The summed E-state index contributed by atoms with van der Waals surface area (Å²) in [4.78, 5) is 68.5. The van der Waals surface area contributed by atoms with Gasteiger partial charge in [-0.1, -0.05) is 31.4 Å². The Bertz CT molecular complexity index is 1190. The lowest BCUT2D eigenvalue weighted by atomic mass is 9.83. The van der Waals surface area contributed by atoms with Crippen molar-refractivity contribution in [3.05, 3.63) is 25.3 Å². The highest BCUT2D eigenvalue weighted by molar-refractivity contribution is 6.51. The van der Waals surface area contributed by atoms with Gasteiger partial charge in [-0.05, 0) is 75.5 Å². The molecule has 45 heavy (non-hydrogen) atoms. The number of rotatable bonds is 14. The molecule has 0 aromatic heterocycles. The number of halogens is 2. The molecule has 0 aromatic carbocycles. The van der Waals surface area contributed by atoms with Crippen LogP contribution < -0.4 is 16.0 Å². The normalized spacial score (nSPS) is 30.8. The molecule has 248 valence electrons. The van der Waals surface area contributed by atoms with E-state index in [2.05, 4.69) is 29.1 Å². The fourth-order valence-electron chi connectivity index (χ4n) is 8.13. The third kappa shape index (κ3) is 7.37. The van der Waals surface area contributed by atoms with E-state index >= 15 is 0 Å². The third-order valence-corrected chi connectivity index (χ3v) is 11.7. The first kappa shape index (κ1) is 33.8. The molecule has 4 aliphatic carbocycles. The van der Waals surface area contributed by atoms with Crippen LogP contribution in [0, 0.1) is 29.6 Å². The number of amides is 4. The SMILES string of the molecule is C=CCCNC(=O)C(=O)C(CCC=C)NC(=O)C1C2C(CN1C(=O)C(NC(=O)OC1CC3CCC1C3)C1CCCCC1)C2(Cl)Cl. The first-order valence-corrected chi connectivity index (χ1v) is 17.3. The Balaban J connectivity index is 1.31. The number of alkyl carbamates (subject to hydrolysis) is 1. The van der Waals surface area contributed by atoms with Crippen LogP contribution in [0.15, 0.2) is 25.3 Å². The first-order valence-electron chi connectivity index (χ1n) is 16.6. The second kappa shape index (κ2) is 14.4. The van der Waals surface area contributed by atoms with Crippen molar-refractivity contribution in [3.8, 4) is 0 Å². The summed E-state index contributed by atoms with van der Waals surface area (Å²) in [5.41, 5.74) is 0. The van der Waals surface area contributed by atoms with Crippen molar-refractivity contribution >= 4 is 52.8 Å². The number of fused-ring (bicyclic) bond motifs is 3. The highest BCUT2D eigenvalue weighted by atomic mass is 35.5. The monoisotopic (exact) mass is 664 g/mol. The maximum absolute atomic E-state index is 14.3. The third-order valence-electron chi connectivity index (χ3n) is 10.6. The van der Waals surface area contributed by atoms with Crippen LogP contribution in [-0.4, -0.2) is 76.2 Å². The maximum atomic E-state index is 14.3. The number of ketones is 1. The Hall–Kier alpha value is -2.59. The molecule has 1 heterocycles. The summed E-state index contributed by atoms with van der Waals surface area (Å²) < 4.78 is 4.66. The van der Waals surface area contributed by atoms with Crippen molar-refractivity contribution in [2.45, 2.75) is 106 Å². The lowest BCUT2D eigenvalue weighted by Crippen LogP contribution is -2.60. The molecular weight excluding hydrogens is 619 g/mol. The Kier molecular flexibility index (Phi) is 10.8. The number of alkyl halides is 2. The number of piperidine rings is 1. The summed E-state index contributed by atoms with van der Waals surface area (Å²) in [6, 6.07) is -3.05. The van der Waals surface area contributed by atoms with E-state index in [0.29, 0.717) is 24.7 Å². The summed E-state index contributed by atoms with van der Waals surface area (Å²) in [6.45, 7) is 7.68. The highest BCUT2D eigenvalue weighted by Gasteiger charge is 2.74. The number of hydrogen-bond donors (Lipinski definition) is 3. The van der Waals surface area contributed by atoms with Crippen LogP contribution in [0.3, 0.4) is 0 Å². The lowest BCUT2D eigenvalue weighted by Gasteiger charge is -2.36. The van der Waals surface area contributed by atoms with Gasteiger partial charge in [0.25, 0.3) is 5.91 Å². The molecule has 3 N–H and O–H groups in total. The quantitative estimate of drug-likeness (QED) is 0.110. The zero-order valence-electron chi connectivity index (χ0n) is 25.8. The average molecular weight is 666 g/mol. The second-order valence-electron chi connectivity index (χ2n) is 13.5. The van der Waals surface area contributed by atoms with Crippen LogP contribution in [-0.2, 0) is 23.9 Å². The van der Waals surface area contributed by atoms with Gasteiger partial charge in [0.2, 0.25) is 17.6 Å². The van der Waals surface area contributed by atoms with E-state index in [1.807, 2.05) is 0 Å². The second-order valence-corrected chi connectivity index (χ2v) is 14.9.